The Morgan fingerprint density at radius 3 is 2.47 bits per heavy atom. The molecule has 0 aromatic carbocycles. The monoisotopic (exact) mass is 244 g/mol. The number of hydrogen-bond acceptors (Lipinski definition) is 4. The predicted molar refractivity (Wildman–Crippen MR) is 67.0 cm³/mol. The van der Waals surface area contributed by atoms with Crippen molar-refractivity contribution in [1.29, 1.82) is 0 Å². The Hall–Kier alpha value is -1.10. The number of hydrogen-bond donors (Lipinski definition) is 1. The van der Waals surface area contributed by atoms with Crippen LogP contribution in [0.4, 0.5) is 4.79 Å². The summed E-state index contributed by atoms with van der Waals surface area (Å²) in [5.74, 6) is 0. The minimum Gasteiger partial charge on any atom is -0.444 e. The second-order valence-corrected chi connectivity index (χ2v) is 4.62. The van der Waals surface area contributed by atoms with Gasteiger partial charge in [-0.05, 0) is 20.8 Å². The summed E-state index contributed by atoms with van der Waals surface area (Å²) in [5, 5.41) is 3.00. The Balaban J connectivity index is 0.00000121. The maximum atomic E-state index is 11.6. The van der Waals surface area contributed by atoms with Crippen LogP contribution in [0.5, 0.6) is 0 Å². The average molecular weight is 244 g/mol. The number of nitrogens with one attached hydrogen (secondary N) is 1. The molecular formula is C12H24N2O3. The van der Waals surface area contributed by atoms with Crippen LogP contribution >= 0.6 is 0 Å². The van der Waals surface area contributed by atoms with Gasteiger partial charge in [0.05, 0.1) is 6.04 Å². The summed E-state index contributed by atoms with van der Waals surface area (Å²) in [5.41, 5.74) is -0.487. The van der Waals surface area contributed by atoms with E-state index in [1.165, 1.54) is 0 Å². The first-order valence-electron chi connectivity index (χ1n) is 6.09. The second kappa shape index (κ2) is 7.27. The molecule has 0 saturated carbocycles. The van der Waals surface area contributed by atoms with E-state index in [0.717, 1.165) is 6.29 Å². The van der Waals surface area contributed by atoms with Gasteiger partial charge in [-0.15, -0.1) is 0 Å². The zero-order chi connectivity index (χ0) is 13.5. The van der Waals surface area contributed by atoms with E-state index in [4.69, 9.17) is 4.74 Å². The van der Waals surface area contributed by atoms with Gasteiger partial charge >= 0.3 is 6.09 Å². The van der Waals surface area contributed by atoms with Crippen molar-refractivity contribution in [2.45, 2.75) is 46.3 Å². The van der Waals surface area contributed by atoms with E-state index in [0.29, 0.717) is 19.6 Å². The molecule has 17 heavy (non-hydrogen) atoms. The number of nitrogens with zero attached hydrogens (tertiary/aromatic N) is 1. The summed E-state index contributed by atoms with van der Waals surface area (Å²) < 4.78 is 5.21. The molecule has 1 aliphatic rings. The van der Waals surface area contributed by atoms with Crippen LogP contribution in [-0.2, 0) is 9.53 Å². The van der Waals surface area contributed by atoms with E-state index < -0.39 is 5.60 Å². The van der Waals surface area contributed by atoms with E-state index >= 15 is 0 Å². The molecule has 100 valence electrons. The molecule has 1 atom stereocenters. The number of ether oxygens (including phenoxy) is 1. The summed E-state index contributed by atoms with van der Waals surface area (Å²) in [6.07, 6.45) is 0.465. The number of rotatable bonds is 1. The molecular weight excluding hydrogens is 220 g/mol. The molecule has 0 aliphatic carbocycles. The largest absolute Gasteiger partial charge is 0.444 e. The Labute approximate surface area is 103 Å². The minimum atomic E-state index is -0.487. The molecule has 5 heteroatoms. The van der Waals surface area contributed by atoms with E-state index in [1.807, 2.05) is 34.6 Å². The Morgan fingerprint density at radius 1 is 1.41 bits per heavy atom. The topological polar surface area (TPSA) is 58.6 Å². The number of aldehydes is 1. The van der Waals surface area contributed by atoms with Crippen molar-refractivity contribution in [1.82, 2.24) is 10.2 Å². The third-order valence-corrected chi connectivity index (χ3v) is 2.02. The molecule has 1 aliphatic heterocycles. The Bertz CT molecular complexity index is 249. The van der Waals surface area contributed by atoms with Gasteiger partial charge in [-0.2, -0.15) is 0 Å². The van der Waals surface area contributed by atoms with Crippen LogP contribution in [0.15, 0.2) is 0 Å². The lowest BCUT2D eigenvalue weighted by Gasteiger charge is -2.32. The van der Waals surface area contributed by atoms with E-state index in [-0.39, 0.29) is 12.1 Å². The normalized spacial score (nSPS) is 20.1. The fourth-order valence-electron chi connectivity index (χ4n) is 1.36. The highest BCUT2D eigenvalue weighted by Crippen LogP contribution is 2.10. The molecule has 0 bridgehead atoms. The van der Waals surface area contributed by atoms with Gasteiger partial charge in [-0.3, -0.25) is 0 Å². The van der Waals surface area contributed by atoms with Crippen LogP contribution in [0.25, 0.3) is 0 Å². The second-order valence-electron chi connectivity index (χ2n) is 4.62. The maximum absolute atomic E-state index is 11.6. The lowest BCUT2D eigenvalue weighted by Crippen LogP contribution is -2.54. The molecule has 0 aromatic heterocycles. The molecule has 1 heterocycles. The van der Waals surface area contributed by atoms with Crippen LogP contribution in [0.3, 0.4) is 0 Å². The first-order valence-corrected chi connectivity index (χ1v) is 6.09. The molecule has 1 rings (SSSR count). The first-order chi connectivity index (χ1) is 7.92. The summed E-state index contributed by atoms with van der Waals surface area (Å²) in [6, 6.07) is -0.272. The van der Waals surface area contributed by atoms with Gasteiger partial charge in [-0.25, -0.2) is 4.79 Å². The summed E-state index contributed by atoms with van der Waals surface area (Å²) in [7, 11) is 0. The van der Waals surface area contributed by atoms with Crippen LogP contribution in [0.2, 0.25) is 0 Å². The highest BCUT2D eigenvalue weighted by atomic mass is 16.6. The molecule has 5 nitrogen and oxygen atoms in total. The summed E-state index contributed by atoms with van der Waals surface area (Å²) in [4.78, 5) is 23.8. The Morgan fingerprint density at radius 2 is 2.00 bits per heavy atom. The molecule has 0 radical (unpaired) electrons. The van der Waals surface area contributed by atoms with Crippen molar-refractivity contribution in [2.24, 2.45) is 0 Å². The number of carbonyl (C=O) groups is 2. The van der Waals surface area contributed by atoms with Crippen molar-refractivity contribution in [3.05, 3.63) is 0 Å². The van der Waals surface area contributed by atoms with Crippen molar-refractivity contribution >= 4 is 12.4 Å². The van der Waals surface area contributed by atoms with Gasteiger partial charge in [0, 0.05) is 19.6 Å². The van der Waals surface area contributed by atoms with Crippen LogP contribution in [-0.4, -0.2) is 48.6 Å². The van der Waals surface area contributed by atoms with Gasteiger partial charge in [-0.1, -0.05) is 13.8 Å². The minimum absolute atomic E-state index is 0.272. The average Bonchev–Trinajstić information content (AvgIpc) is 2.29. The van der Waals surface area contributed by atoms with Gasteiger partial charge in [0.15, 0.2) is 0 Å². The van der Waals surface area contributed by atoms with Crippen LogP contribution in [0.1, 0.15) is 34.6 Å². The van der Waals surface area contributed by atoms with Gasteiger partial charge < -0.3 is 19.7 Å². The first kappa shape index (κ1) is 15.9. The number of piperazine rings is 1. The van der Waals surface area contributed by atoms with E-state index in [9.17, 15) is 9.59 Å². The molecule has 1 unspecified atom stereocenters. The zero-order valence-corrected chi connectivity index (χ0v) is 11.4. The van der Waals surface area contributed by atoms with Crippen molar-refractivity contribution in [3.8, 4) is 0 Å². The SMILES string of the molecule is CC.CC(C)(C)OC(=O)N1CCNC(C=O)C1. The quantitative estimate of drug-likeness (QED) is 0.709. The van der Waals surface area contributed by atoms with Gasteiger partial charge in [0.1, 0.15) is 11.9 Å². The van der Waals surface area contributed by atoms with Crippen LogP contribution < -0.4 is 5.32 Å². The third kappa shape index (κ3) is 6.26. The number of carbonyl (C=O) groups excluding carboxylic acids is 2. The molecule has 1 saturated heterocycles. The predicted octanol–water partition coefficient (Wildman–Crippen LogP) is 1.42. The van der Waals surface area contributed by atoms with E-state index in [2.05, 4.69) is 5.32 Å². The lowest BCUT2D eigenvalue weighted by atomic mass is 10.2. The molecule has 1 amide bonds. The summed E-state index contributed by atoms with van der Waals surface area (Å²) >= 11 is 0. The van der Waals surface area contributed by atoms with Gasteiger partial charge in [0.2, 0.25) is 0 Å². The number of amides is 1. The Kier molecular flexibility index (Phi) is 6.80. The van der Waals surface area contributed by atoms with Crippen molar-refractivity contribution in [3.63, 3.8) is 0 Å². The summed E-state index contributed by atoms with van der Waals surface area (Å²) in [6.45, 7) is 11.1. The van der Waals surface area contributed by atoms with Crippen molar-refractivity contribution < 1.29 is 14.3 Å². The van der Waals surface area contributed by atoms with E-state index in [1.54, 1.807) is 4.90 Å². The fourth-order valence-corrected chi connectivity index (χ4v) is 1.36. The third-order valence-electron chi connectivity index (χ3n) is 2.02. The zero-order valence-electron chi connectivity index (χ0n) is 11.4. The van der Waals surface area contributed by atoms with Crippen LogP contribution in [0, 0.1) is 0 Å². The molecule has 1 fully saturated rings. The highest BCUT2D eigenvalue weighted by Gasteiger charge is 2.26. The van der Waals surface area contributed by atoms with Crippen molar-refractivity contribution in [2.75, 3.05) is 19.6 Å². The van der Waals surface area contributed by atoms with Gasteiger partial charge in [0.25, 0.3) is 0 Å². The molecule has 0 aromatic rings. The standard InChI is InChI=1S/C10H18N2O3.C2H6/c1-10(2,3)15-9(14)12-5-4-11-8(6-12)7-13;1-2/h7-8,11H,4-6H2,1-3H3;1-2H3. The molecule has 1 N–H and O–H groups in total. The smallest absolute Gasteiger partial charge is 0.410 e. The molecule has 0 spiro atoms. The lowest BCUT2D eigenvalue weighted by molar-refractivity contribution is -0.110. The highest BCUT2D eigenvalue weighted by molar-refractivity contribution is 5.70. The fraction of sp³-hybridized carbons (Fsp3) is 0.833. The maximum Gasteiger partial charge on any atom is 0.410 e.